The van der Waals surface area contributed by atoms with E-state index in [1.54, 1.807) is 6.07 Å². The van der Waals surface area contributed by atoms with Gasteiger partial charge in [0.1, 0.15) is 5.82 Å². The number of aromatic nitrogens is 2. The van der Waals surface area contributed by atoms with E-state index in [0.29, 0.717) is 18.1 Å². The zero-order valence-electron chi connectivity index (χ0n) is 24.0. The molecule has 6 rings (SSSR count). The normalized spacial score (nSPS) is 17.1. The van der Waals surface area contributed by atoms with Crippen molar-refractivity contribution in [3.05, 3.63) is 107 Å². The van der Waals surface area contributed by atoms with Gasteiger partial charge in [0.25, 0.3) is 0 Å². The third-order valence-electron chi connectivity index (χ3n) is 8.41. The lowest BCUT2D eigenvalue weighted by atomic mass is 9.78. The summed E-state index contributed by atoms with van der Waals surface area (Å²) < 4.78 is 14.2. The molecular formula is C34H39FN6. The molecule has 4 aromatic rings. The zero-order chi connectivity index (χ0) is 28.2. The third-order valence-corrected chi connectivity index (χ3v) is 8.41. The van der Waals surface area contributed by atoms with Gasteiger partial charge in [0.2, 0.25) is 5.95 Å². The van der Waals surface area contributed by atoms with Crippen molar-refractivity contribution in [3.63, 3.8) is 0 Å². The van der Waals surface area contributed by atoms with Crippen LogP contribution in [0.2, 0.25) is 0 Å². The molecule has 0 bridgehead atoms. The number of piperazine rings is 1. The second-order valence-corrected chi connectivity index (χ2v) is 11.4. The molecule has 41 heavy (non-hydrogen) atoms. The highest BCUT2D eigenvalue weighted by Gasteiger charge is 2.27. The number of hydrogen-bond acceptors (Lipinski definition) is 6. The van der Waals surface area contributed by atoms with Crippen LogP contribution in [0.1, 0.15) is 40.2 Å². The van der Waals surface area contributed by atoms with Gasteiger partial charge in [0.05, 0.1) is 5.69 Å². The Morgan fingerprint density at radius 1 is 0.951 bits per heavy atom. The van der Waals surface area contributed by atoms with Crippen LogP contribution < -0.4 is 10.6 Å². The van der Waals surface area contributed by atoms with Gasteiger partial charge in [-0.3, -0.25) is 0 Å². The molecule has 1 fully saturated rings. The number of fused-ring (bicyclic) bond motifs is 3. The monoisotopic (exact) mass is 550 g/mol. The summed E-state index contributed by atoms with van der Waals surface area (Å²) in [5.74, 6) is 0.757. The summed E-state index contributed by atoms with van der Waals surface area (Å²) in [5, 5.41) is 6.83. The number of likely N-dealkylation sites (N-methyl/N-ethyl adjacent to an activating group) is 1. The number of benzene rings is 3. The van der Waals surface area contributed by atoms with Crippen molar-refractivity contribution < 1.29 is 4.39 Å². The maximum absolute atomic E-state index is 14.2. The van der Waals surface area contributed by atoms with Gasteiger partial charge in [-0.2, -0.15) is 0 Å². The average molecular weight is 551 g/mol. The van der Waals surface area contributed by atoms with E-state index in [2.05, 4.69) is 81.0 Å². The summed E-state index contributed by atoms with van der Waals surface area (Å²) in [6.07, 6.45) is 3.94. The summed E-state index contributed by atoms with van der Waals surface area (Å²) >= 11 is 0. The first-order valence-corrected chi connectivity index (χ1v) is 14.7. The van der Waals surface area contributed by atoms with Gasteiger partial charge in [-0.1, -0.05) is 54.1 Å². The summed E-state index contributed by atoms with van der Waals surface area (Å²) in [5.41, 5.74) is 8.65. The molecule has 0 spiro atoms. The predicted molar refractivity (Wildman–Crippen MR) is 165 cm³/mol. The van der Waals surface area contributed by atoms with Gasteiger partial charge in [0.15, 0.2) is 0 Å². The van der Waals surface area contributed by atoms with E-state index in [0.717, 1.165) is 69.1 Å². The van der Waals surface area contributed by atoms with Crippen LogP contribution in [-0.4, -0.2) is 66.1 Å². The van der Waals surface area contributed by atoms with Crippen molar-refractivity contribution >= 4 is 11.6 Å². The third kappa shape index (κ3) is 6.42. The summed E-state index contributed by atoms with van der Waals surface area (Å²) in [6.45, 7) is 9.01. The van der Waals surface area contributed by atoms with Gasteiger partial charge in [-0.05, 0) is 68.2 Å². The van der Waals surface area contributed by atoms with Crippen LogP contribution in [0.15, 0.2) is 72.9 Å². The SMILES string of the molecule is Cc1ccc(F)c(CNc2ccc(C3Cc4cnc(NCCCN5CCN(C)CC5)nc4-c4ccccc43)cc2)c1. The Labute approximate surface area is 242 Å². The van der Waals surface area contributed by atoms with Crippen molar-refractivity contribution in [1.82, 2.24) is 19.8 Å². The van der Waals surface area contributed by atoms with Gasteiger partial charge in [-0.15, -0.1) is 0 Å². The Balaban J connectivity index is 1.11. The minimum atomic E-state index is -0.177. The fourth-order valence-corrected chi connectivity index (χ4v) is 5.96. The molecule has 2 N–H and O–H groups in total. The first-order valence-electron chi connectivity index (χ1n) is 14.7. The van der Waals surface area contributed by atoms with Crippen LogP contribution in [0.5, 0.6) is 0 Å². The number of hydrogen-bond donors (Lipinski definition) is 2. The van der Waals surface area contributed by atoms with E-state index < -0.39 is 0 Å². The van der Waals surface area contributed by atoms with Gasteiger partial charge in [0, 0.05) is 68.2 Å². The molecule has 2 aliphatic rings. The lowest BCUT2D eigenvalue weighted by Crippen LogP contribution is -2.44. The molecule has 1 aromatic heterocycles. The number of anilines is 2. The van der Waals surface area contributed by atoms with Crippen LogP contribution in [0, 0.1) is 12.7 Å². The summed E-state index contributed by atoms with van der Waals surface area (Å²) in [4.78, 5) is 14.6. The largest absolute Gasteiger partial charge is 0.381 e. The minimum Gasteiger partial charge on any atom is -0.381 e. The molecule has 0 radical (unpaired) electrons. The first-order chi connectivity index (χ1) is 20.0. The Morgan fingerprint density at radius 3 is 2.59 bits per heavy atom. The predicted octanol–water partition coefficient (Wildman–Crippen LogP) is 5.94. The highest BCUT2D eigenvalue weighted by Crippen LogP contribution is 2.42. The van der Waals surface area contributed by atoms with E-state index in [-0.39, 0.29) is 11.7 Å². The fraction of sp³-hybridized carbons (Fsp3) is 0.353. The van der Waals surface area contributed by atoms with Crippen LogP contribution in [0.3, 0.4) is 0 Å². The van der Waals surface area contributed by atoms with Crippen LogP contribution in [-0.2, 0) is 13.0 Å². The average Bonchev–Trinajstić information content (AvgIpc) is 3.00. The number of rotatable bonds is 9. The van der Waals surface area contributed by atoms with E-state index in [1.807, 2.05) is 19.2 Å². The van der Waals surface area contributed by atoms with E-state index in [1.165, 1.54) is 28.3 Å². The molecular weight excluding hydrogens is 511 g/mol. The second-order valence-electron chi connectivity index (χ2n) is 11.4. The molecule has 3 aromatic carbocycles. The molecule has 1 aliphatic heterocycles. The van der Waals surface area contributed by atoms with Gasteiger partial charge in [-0.25, -0.2) is 14.4 Å². The Kier molecular flexibility index (Phi) is 8.26. The standard InChI is InChI=1S/C34H39FN6/c1-24-8-13-32(35)26(20-24)22-37-28-11-9-25(10-12-28)31-21-27-23-38-34(39-33(27)30-7-4-3-6-29(30)31)36-14-5-15-41-18-16-40(2)17-19-41/h3-4,6-13,20,23,31,37H,5,14-19,21-22H2,1-2H3,(H,36,38,39). The summed E-state index contributed by atoms with van der Waals surface area (Å²) in [6, 6.07) is 22.4. The molecule has 1 saturated heterocycles. The highest BCUT2D eigenvalue weighted by molar-refractivity contribution is 5.72. The number of nitrogens with one attached hydrogen (secondary N) is 2. The Bertz CT molecular complexity index is 1480. The van der Waals surface area contributed by atoms with Gasteiger partial charge < -0.3 is 20.4 Å². The zero-order valence-corrected chi connectivity index (χ0v) is 24.0. The molecule has 7 heteroatoms. The number of halogens is 1. The highest BCUT2D eigenvalue weighted by atomic mass is 19.1. The Morgan fingerprint density at radius 2 is 1.76 bits per heavy atom. The molecule has 0 amide bonds. The molecule has 212 valence electrons. The maximum atomic E-state index is 14.2. The van der Waals surface area contributed by atoms with Crippen LogP contribution in [0.25, 0.3) is 11.3 Å². The topological polar surface area (TPSA) is 56.3 Å². The lowest BCUT2D eigenvalue weighted by molar-refractivity contribution is 0.154. The lowest BCUT2D eigenvalue weighted by Gasteiger charge is -2.32. The molecule has 2 heterocycles. The molecule has 6 nitrogen and oxygen atoms in total. The van der Waals surface area contributed by atoms with E-state index in [4.69, 9.17) is 4.98 Å². The quantitative estimate of drug-likeness (QED) is 0.252. The molecule has 1 aliphatic carbocycles. The maximum Gasteiger partial charge on any atom is 0.223 e. The minimum absolute atomic E-state index is 0.177. The van der Waals surface area contributed by atoms with Crippen molar-refractivity contribution in [2.24, 2.45) is 0 Å². The fourth-order valence-electron chi connectivity index (χ4n) is 5.96. The van der Waals surface area contributed by atoms with E-state index >= 15 is 0 Å². The van der Waals surface area contributed by atoms with Crippen LogP contribution in [0.4, 0.5) is 16.0 Å². The van der Waals surface area contributed by atoms with Crippen molar-refractivity contribution in [2.45, 2.75) is 32.2 Å². The van der Waals surface area contributed by atoms with E-state index in [9.17, 15) is 4.39 Å². The molecule has 1 atom stereocenters. The van der Waals surface area contributed by atoms with Crippen LogP contribution >= 0.6 is 0 Å². The molecule has 1 unspecified atom stereocenters. The van der Waals surface area contributed by atoms with Crippen molar-refractivity contribution in [3.8, 4) is 11.3 Å². The molecule has 0 saturated carbocycles. The number of nitrogens with zero attached hydrogens (tertiary/aromatic N) is 4. The summed E-state index contributed by atoms with van der Waals surface area (Å²) in [7, 11) is 2.19. The Hall–Kier alpha value is -3.81. The van der Waals surface area contributed by atoms with Crippen molar-refractivity contribution in [1.29, 1.82) is 0 Å². The van der Waals surface area contributed by atoms with Crippen molar-refractivity contribution in [2.75, 3.05) is 56.9 Å². The second kappa shape index (κ2) is 12.4. The first kappa shape index (κ1) is 27.4. The number of aryl methyl sites for hydroxylation is 1. The van der Waals surface area contributed by atoms with Gasteiger partial charge >= 0.3 is 0 Å². The smallest absolute Gasteiger partial charge is 0.223 e.